The first kappa shape index (κ1) is 25.6. The van der Waals surface area contributed by atoms with E-state index >= 15 is 0 Å². The molecule has 0 aromatic heterocycles. The molecule has 204 valence electrons. The molecule has 2 bridgehead atoms. The van der Waals surface area contributed by atoms with Crippen molar-refractivity contribution >= 4 is 16.3 Å². The summed E-state index contributed by atoms with van der Waals surface area (Å²) in [6.07, 6.45) is 6.54. The van der Waals surface area contributed by atoms with Crippen molar-refractivity contribution in [2.45, 2.75) is 81.1 Å². The number of carbonyl (C=O) groups is 1. The van der Waals surface area contributed by atoms with Crippen LogP contribution in [0.3, 0.4) is 0 Å². The number of amides is 1. The number of ether oxygens (including phenoxy) is 2. The summed E-state index contributed by atoms with van der Waals surface area (Å²) >= 11 is 0. The smallest absolute Gasteiger partial charge is 0.410 e. The molecule has 1 aromatic rings. The topological polar surface area (TPSA) is 82.6 Å². The van der Waals surface area contributed by atoms with E-state index in [2.05, 4.69) is 23.1 Å². The summed E-state index contributed by atoms with van der Waals surface area (Å²) in [6.45, 7) is 4.08. The molecule has 37 heavy (non-hydrogen) atoms. The fourth-order valence-electron chi connectivity index (χ4n) is 7.54. The minimum atomic E-state index is -3.49. The maximum absolute atomic E-state index is 13.1. The molecule has 3 atom stereocenters. The van der Waals surface area contributed by atoms with Crippen LogP contribution in [0.5, 0.6) is 0 Å². The Kier molecular flexibility index (Phi) is 6.76. The van der Waals surface area contributed by atoms with E-state index in [4.69, 9.17) is 9.47 Å². The van der Waals surface area contributed by atoms with Crippen LogP contribution in [0, 0.1) is 0 Å². The SMILES string of the molecule is CN(C)S(=O)(=O)N1Cc2ccccc2C2(CCN(C3CC4CCC(C3)N4C(=O)O[C@@H]3CCOC3)CC2)C1. The van der Waals surface area contributed by atoms with Gasteiger partial charge < -0.3 is 19.3 Å². The van der Waals surface area contributed by atoms with Gasteiger partial charge >= 0.3 is 6.09 Å². The van der Waals surface area contributed by atoms with E-state index in [1.54, 1.807) is 18.4 Å². The van der Waals surface area contributed by atoms with E-state index in [0.29, 0.717) is 32.3 Å². The van der Waals surface area contributed by atoms with Crippen LogP contribution < -0.4 is 0 Å². The number of likely N-dealkylation sites (tertiary alicyclic amines) is 1. The van der Waals surface area contributed by atoms with Crippen LogP contribution in [0.25, 0.3) is 0 Å². The number of rotatable bonds is 4. The summed E-state index contributed by atoms with van der Waals surface area (Å²) in [5, 5.41) is 0. The lowest BCUT2D eigenvalue weighted by Gasteiger charge is -2.51. The van der Waals surface area contributed by atoms with Gasteiger partial charge in [0.25, 0.3) is 10.2 Å². The highest BCUT2D eigenvalue weighted by Gasteiger charge is 2.49. The summed E-state index contributed by atoms with van der Waals surface area (Å²) in [5.74, 6) is 0. The van der Waals surface area contributed by atoms with Crippen molar-refractivity contribution < 1.29 is 22.7 Å². The van der Waals surface area contributed by atoms with E-state index in [1.807, 2.05) is 11.0 Å². The van der Waals surface area contributed by atoms with Crippen LogP contribution in [0.2, 0.25) is 0 Å². The first-order chi connectivity index (χ1) is 17.8. The van der Waals surface area contributed by atoms with Crippen molar-refractivity contribution in [2.24, 2.45) is 0 Å². The Morgan fingerprint density at radius 3 is 2.41 bits per heavy atom. The molecule has 0 aliphatic carbocycles. The fourth-order valence-corrected chi connectivity index (χ4v) is 8.71. The number of nitrogens with zero attached hydrogens (tertiary/aromatic N) is 4. The third-order valence-electron chi connectivity index (χ3n) is 9.55. The fraction of sp³-hybridized carbons (Fsp3) is 0.741. The Balaban J connectivity index is 1.13. The van der Waals surface area contributed by atoms with Crippen molar-refractivity contribution in [1.82, 2.24) is 18.4 Å². The lowest BCUT2D eigenvalue weighted by molar-refractivity contribution is 0.00735. The molecular weight excluding hydrogens is 492 g/mol. The van der Waals surface area contributed by atoms with E-state index < -0.39 is 10.2 Å². The molecule has 5 heterocycles. The molecule has 0 saturated carbocycles. The van der Waals surface area contributed by atoms with Gasteiger partial charge in [-0.2, -0.15) is 17.0 Å². The molecule has 1 aromatic carbocycles. The van der Waals surface area contributed by atoms with Crippen LogP contribution >= 0.6 is 0 Å². The maximum atomic E-state index is 13.1. The number of carbonyl (C=O) groups excluding carboxylic acids is 1. The van der Waals surface area contributed by atoms with Crippen molar-refractivity contribution in [3.8, 4) is 0 Å². The molecule has 10 heteroatoms. The molecule has 1 amide bonds. The van der Waals surface area contributed by atoms with E-state index in [1.165, 1.54) is 9.87 Å². The van der Waals surface area contributed by atoms with Gasteiger partial charge in [-0.05, 0) is 62.7 Å². The number of hydrogen-bond donors (Lipinski definition) is 0. The minimum Gasteiger partial charge on any atom is -0.444 e. The Morgan fingerprint density at radius 1 is 1.05 bits per heavy atom. The molecular formula is C27H40N4O5S. The minimum absolute atomic E-state index is 0.0999. The second kappa shape index (κ2) is 9.79. The summed E-state index contributed by atoms with van der Waals surface area (Å²) in [6, 6.07) is 9.38. The second-order valence-corrected chi connectivity index (χ2v) is 14.0. The predicted molar refractivity (Wildman–Crippen MR) is 139 cm³/mol. The Hall–Kier alpha value is -1.72. The van der Waals surface area contributed by atoms with Gasteiger partial charge in [-0.25, -0.2) is 4.79 Å². The molecule has 4 saturated heterocycles. The zero-order valence-corrected chi connectivity index (χ0v) is 22.9. The number of fused-ring (bicyclic) bond motifs is 4. The molecule has 1 spiro atoms. The van der Waals surface area contributed by atoms with Gasteiger partial charge in [0.1, 0.15) is 6.10 Å². The third kappa shape index (κ3) is 4.58. The Labute approximate surface area is 220 Å². The van der Waals surface area contributed by atoms with Crippen molar-refractivity contribution in [2.75, 3.05) is 46.9 Å². The number of benzene rings is 1. The molecule has 4 fully saturated rings. The highest BCUT2D eigenvalue weighted by molar-refractivity contribution is 7.86. The van der Waals surface area contributed by atoms with Crippen molar-refractivity contribution in [1.29, 1.82) is 0 Å². The monoisotopic (exact) mass is 532 g/mol. The molecule has 0 N–H and O–H groups in total. The highest BCUT2D eigenvalue weighted by atomic mass is 32.2. The predicted octanol–water partition coefficient (Wildman–Crippen LogP) is 2.56. The highest BCUT2D eigenvalue weighted by Crippen LogP contribution is 2.45. The molecule has 9 nitrogen and oxygen atoms in total. The Morgan fingerprint density at radius 2 is 1.76 bits per heavy atom. The first-order valence-corrected chi connectivity index (χ1v) is 15.2. The zero-order chi connectivity index (χ0) is 25.8. The average molecular weight is 533 g/mol. The Bertz CT molecular complexity index is 1100. The van der Waals surface area contributed by atoms with Gasteiger partial charge in [-0.15, -0.1) is 0 Å². The van der Waals surface area contributed by atoms with Gasteiger partial charge in [0.2, 0.25) is 0 Å². The quantitative estimate of drug-likeness (QED) is 0.593. The van der Waals surface area contributed by atoms with Crippen molar-refractivity contribution in [3.05, 3.63) is 35.4 Å². The summed E-state index contributed by atoms with van der Waals surface area (Å²) in [5.41, 5.74) is 2.31. The lowest BCUT2D eigenvalue weighted by atomic mass is 9.69. The van der Waals surface area contributed by atoms with Crippen LogP contribution in [0.4, 0.5) is 4.79 Å². The van der Waals surface area contributed by atoms with E-state index in [-0.39, 0.29) is 29.7 Å². The number of hydrogen-bond acceptors (Lipinski definition) is 6. The standard InChI is InChI=1S/C27H40N4O5S/c1-28(2)37(33,34)30-17-20-5-3-4-6-25(20)27(19-30)10-12-29(13-11-27)23-15-21-7-8-22(16-23)31(21)26(32)36-24-9-14-35-18-24/h3-6,21-24H,7-19H2,1-2H3/t21?,22?,23?,24-/m1/s1. The maximum Gasteiger partial charge on any atom is 0.410 e. The first-order valence-electron chi connectivity index (χ1n) is 13.8. The van der Waals surface area contributed by atoms with E-state index in [0.717, 1.165) is 63.6 Å². The van der Waals surface area contributed by atoms with Gasteiger partial charge in [0.15, 0.2) is 0 Å². The summed E-state index contributed by atoms with van der Waals surface area (Å²) in [4.78, 5) is 17.6. The average Bonchev–Trinajstić information content (AvgIpc) is 3.49. The van der Waals surface area contributed by atoms with Crippen LogP contribution in [0.1, 0.15) is 56.1 Å². The largest absolute Gasteiger partial charge is 0.444 e. The van der Waals surface area contributed by atoms with Gasteiger partial charge in [0.05, 0.1) is 13.2 Å². The second-order valence-electron chi connectivity index (χ2n) is 11.8. The lowest BCUT2D eigenvalue weighted by Crippen LogP contribution is -2.58. The van der Waals surface area contributed by atoms with Gasteiger partial charge in [0, 0.05) is 57.1 Å². The molecule has 2 unspecified atom stereocenters. The van der Waals surface area contributed by atoms with Crippen LogP contribution in [0.15, 0.2) is 24.3 Å². The van der Waals surface area contributed by atoms with Gasteiger partial charge in [-0.1, -0.05) is 24.3 Å². The van der Waals surface area contributed by atoms with Gasteiger partial charge in [-0.3, -0.25) is 0 Å². The summed E-state index contributed by atoms with van der Waals surface area (Å²) < 4.78 is 40.3. The molecule has 0 radical (unpaired) electrons. The normalized spacial score (nSPS) is 32.1. The number of piperidine rings is 2. The van der Waals surface area contributed by atoms with Crippen molar-refractivity contribution in [3.63, 3.8) is 0 Å². The molecule has 5 aliphatic heterocycles. The van der Waals surface area contributed by atoms with Crippen LogP contribution in [-0.4, -0.2) is 104 Å². The zero-order valence-electron chi connectivity index (χ0n) is 22.0. The molecule has 6 rings (SSSR count). The van der Waals surface area contributed by atoms with Crippen LogP contribution in [-0.2, 0) is 31.6 Å². The molecule has 5 aliphatic rings. The third-order valence-corrected chi connectivity index (χ3v) is 11.4. The summed E-state index contributed by atoms with van der Waals surface area (Å²) in [7, 11) is -0.257. The van der Waals surface area contributed by atoms with E-state index in [9.17, 15) is 13.2 Å².